The lowest BCUT2D eigenvalue weighted by atomic mass is 9.98. The van der Waals surface area contributed by atoms with Crippen LogP contribution in [-0.2, 0) is 16.0 Å². The zero-order chi connectivity index (χ0) is 18.0. The third-order valence-electron chi connectivity index (χ3n) is 5.24. The van der Waals surface area contributed by atoms with E-state index in [1.807, 2.05) is 11.0 Å². The number of carboxylic acid groups (broad SMARTS) is 1. The molecule has 1 atom stereocenters. The lowest BCUT2D eigenvalue weighted by molar-refractivity contribution is -0.144. The van der Waals surface area contributed by atoms with Gasteiger partial charge in [-0.15, -0.1) is 0 Å². The standard InChI is InChI=1S/C19H25FN2O3/c1-13-9-14(4-5-16(13)20)10-19(6-7-19)21-17(23)12-22-8-2-3-15(11-22)18(24)25/h4-5,9,15H,2-3,6-8,10-12H2,1H3,(H,21,23)(H,24,25). The number of piperidine rings is 1. The molecule has 1 heterocycles. The van der Waals surface area contributed by atoms with E-state index in [-0.39, 0.29) is 29.7 Å². The number of amides is 1. The summed E-state index contributed by atoms with van der Waals surface area (Å²) in [4.78, 5) is 25.4. The summed E-state index contributed by atoms with van der Waals surface area (Å²) in [5.41, 5.74) is 1.43. The molecule has 1 saturated carbocycles. The molecule has 2 N–H and O–H groups in total. The van der Waals surface area contributed by atoms with Crippen LogP contribution in [0.25, 0.3) is 0 Å². The topological polar surface area (TPSA) is 69.6 Å². The molecule has 1 aromatic carbocycles. The minimum Gasteiger partial charge on any atom is -0.481 e. The summed E-state index contributed by atoms with van der Waals surface area (Å²) in [7, 11) is 0. The number of nitrogens with one attached hydrogen (secondary N) is 1. The molecule has 1 aliphatic carbocycles. The normalized spacial score (nSPS) is 22.4. The van der Waals surface area contributed by atoms with Crippen LogP contribution >= 0.6 is 0 Å². The monoisotopic (exact) mass is 348 g/mol. The predicted molar refractivity (Wildman–Crippen MR) is 91.7 cm³/mol. The van der Waals surface area contributed by atoms with Crippen molar-refractivity contribution in [2.75, 3.05) is 19.6 Å². The SMILES string of the molecule is Cc1cc(CC2(NC(=O)CN3CCCC(C(=O)O)C3)CC2)ccc1F. The molecule has 1 aliphatic heterocycles. The van der Waals surface area contributed by atoms with Gasteiger partial charge in [0.15, 0.2) is 0 Å². The number of likely N-dealkylation sites (tertiary alicyclic amines) is 1. The van der Waals surface area contributed by atoms with Crippen LogP contribution < -0.4 is 5.32 Å². The van der Waals surface area contributed by atoms with Crippen LogP contribution in [0.3, 0.4) is 0 Å². The fourth-order valence-corrected chi connectivity index (χ4v) is 3.64. The first-order chi connectivity index (χ1) is 11.9. The Kier molecular flexibility index (Phi) is 5.08. The van der Waals surface area contributed by atoms with Gasteiger partial charge in [0, 0.05) is 12.1 Å². The molecule has 1 amide bonds. The van der Waals surface area contributed by atoms with Crippen LogP contribution in [0.15, 0.2) is 18.2 Å². The molecule has 0 spiro atoms. The van der Waals surface area contributed by atoms with Crippen LogP contribution in [0.1, 0.15) is 36.8 Å². The van der Waals surface area contributed by atoms with E-state index in [0.717, 1.165) is 31.4 Å². The largest absolute Gasteiger partial charge is 0.481 e. The van der Waals surface area contributed by atoms with E-state index in [9.17, 15) is 14.0 Å². The van der Waals surface area contributed by atoms with Crippen LogP contribution in [-0.4, -0.2) is 47.1 Å². The van der Waals surface area contributed by atoms with Gasteiger partial charge in [-0.05, 0) is 62.8 Å². The summed E-state index contributed by atoms with van der Waals surface area (Å²) < 4.78 is 13.4. The summed E-state index contributed by atoms with van der Waals surface area (Å²) >= 11 is 0. The molecule has 6 heteroatoms. The Labute approximate surface area is 147 Å². The summed E-state index contributed by atoms with van der Waals surface area (Å²) in [6.07, 6.45) is 4.04. The molecular formula is C19H25FN2O3. The van der Waals surface area contributed by atoms with Crippen molar-refractivity contribution in [3.05, 3.63) is 35.1 Å². The number of hydrogen-bond donors (Lipinski definition) is 2. The number of halogens is 1. The molecule has 0 aromatic heterocycles. The summed E-state index contributed by atoms with van der Waals surface area (Å²) in [5.74, 6) is -1.42. The van der Waals surface area contributed by atoms with Crippen LogP contribution in [0, 0.1) is 18.7 Å². The van der Waals surface area contributed by atoms with Crippen LogP contribution in [0.4, 0.5) is 4.39 Å². The lowest BCUT2D eigenvalue weighted by Gasteiger charge is -2.30. The summed E-state index contributed by atoms with van der Waals surface area (Å²) in [6, 6.07) is 5.09. The van der Waals surface area contributed by atoms with Crippen molar-refractivity contribution in [2.45, 2.75) is 44.6 Å². The van der Waals surface area contributed by atoms with Gasteiger partial charge in [-0.1, -0.05) is 12.1 Å². The summed E-state index contributed by atoms with van der Waals surface area (Å²) in [6.45, 7) is 3.19. The number of carbonyl (C=O) groups excluding carboxylic acids is 1. The van der Waals surface area contributed by atoms with E-state index >= 15 is 0 Å². The number of rotatable bonds is 6. The van der Waals surface area contributed by atoms with Crippen molar-refractivity contribution in [2.24, 2.45) is 5.92 Å². The summed E-state index contributed by atoms with van der Waals surface area (Å²) in [5, 5.41) is 12.3. The molecule has 3 rings (SSSR count). The van der Waals surface area contributed by atoms with E-state index in [1.165, 1.54) is 6.07 Å². The minimum atomic E-state index is -0.782. The molecule has 136 valence electrons. The molecule has 2 aliphatic rings. The van der Waals surface area contributed by atoms with Crippen molar-refractivity contribution in [1.29, 1.82) is 0 Å². The van der Waals surface area contributed by atoms with Crippen molar-refractivity contribution in [3.8, 4) is 0 Å². The molecular weight excluding hydrogens is 323 g/mol. The second-order valence-corrected chi connectivity index (χ2v) is 7.50. The molecule has 2 fully saturated rings. The van der Waals surface area contributed by atoms with Gasteiger partial charge in [0.25, 0.3) is 0 Å². The Morgan fingerprint density at radius 1 is 1.40 bits per heavy atom. The first kappa shape index (κ1) is 17.9. The van der Waals surface area contributed by atoms with Gasteiger partial charge in [-0.25, -0.2) is 4.39 Å². The van der Waals surface area contributed by atoms with E-state index in [1.54, 1.807) is 13.0 Å². The van der Waals surface area contributed by atoms with Crippen molar-refractivity contribution in [1.82, 2.24) is 10.2 Å². The number of aliphatic carboxylic acids is 1. The maximum Gasteiger partial charge on any atom is 0.307 e. The third kappa shape index (κ3) is 4.57. The third-order valence-corrected chi connectivity index (χ3v) is 5.24. The smallest absolute Gasteiger partial charge is 0.307 e. The molecule has 1 saturated heterocycles. The number of aryl methyl sites for hydroxylation is 1. The number of hydrogen-bond acceptors (Lipinski definition) is 3. The van der Waals surface area contributed by atoms with Crippen LogP contribution in [0.2, 0.25) is 0 Å². The van der Waals surface area contributed by atoms with E-state index in [0.29, 0.717) is 24.9 Å². The van der Waals surface area contributed by atoms with Gasteiger partial charge in [0.1, 0.15) is 5.82 Å². The second kappa shape index (κ2) is 7.12. The highest BCUT2D eigenvalue weighted by molar-refractivity contribution is 5.79. The van der Waals surface area contributed by atoms with Gasteiger partial charge in [0.2, 0.25) is 5.91 Å². The number of carbonyl (C=O) groups is 2. The zero-order valence-corrected chi connectivity index (χ0v) is 14.6. The molecule has 1 unspecified atom stereocenters. The van der Waals surface area contributed by atoms with E-state index < -0.39 is 5.97 Å². The molecule has 5 nitrogen and oxygen atoms in total. The maximum absolute atomic E-state index is 13.4. The average molecular weight is 348 g/mol. The van der Waals surface area contributed by atoms with E-state index in [2.05, 4.69) is 5.32 Å². The Morgan fingerprint density at radius 2 is 2.16 bits per heavy atom. The maximum atomic E-state index is 13.4. The first-order valence-electron chi connectivity index (χ1n) is 8.88. The first-order valence-corrected chi connectivity index (χ1v) is 8.88. The number of benzene rings is 1. The van der Waals surface area contributed by atoms with Crippen molar-refractivity contribution < 1.29 is 19.1 Å². The van der Waals surface area contributed by atoms with Crippen molar-refractivity contribution in [3.63, 3.8) is 0 Å². The lowest BCUT2D eigenvalue weighted by Crippen LogP contribution is -2.47. The fraction of sp³-hybridized carbons (Fsp3) is 0.579. The number of nitrogens with zero attached hydrogens (tertiary/aromatic N) is 1. The van der Waals surface area contributed by atoms with Gasteiger partial charge in [-0.2, -0.15) is 0 Å². The Morgan fingerprint density at radius 3 is 2.80 bits per heavy atom. The van der Waals surface area contributed by atoms with Crippen molar-refractivity contribution >= 4 is 11.9 Å². The second-order valence-electron chi connectivity index (χ2n) is 7.50. The highest BCUT2D eigenvalue weighted by Gasteiger charge is 2.44. The zero-order valence-electron chi connectivity index (χ0n) is 14.6. The van der Waals surface area contributed by atoms with Gasteiger partial charge in [0.05, 0.1) is 12.5 Å². The van der Waals surface area contributed by atoms with Gasteiger partial charge < -0.3 is 10.4 Å². The van der Waals surface area contributed by atoms with Crippen LogP contribution in [0.5, 0.6) is 0 Å². The average Bonchev–Trinajstić information content (AvgIpc) is 3.30. The quantitative estimate of drug-likeness (QED) is 0.826. The predicted octanol–water partition coefficient (Wildman–Crippen LogP) is 2.12. The fourth-order valence-electron chi connectivity index (χ4n) is 3.64. The van der Waals surface area contributed by atoms with Gasteiger partial charge >= 0.3 is 5.97 Å². The highest BCUT2D eigenvalue weighted by Crippen LogP contribution is 2.38. The highest BCUT2D eigenvalue weighted by atomic mass is 19.1. The number of carboxylic acids is 1. The Hall–Kier alpha value is -1.95. The molecule has 25 heavy (non-hydrogen) atoms. The Balaban J connectivity index is 1.53. The molecule has 0 bridgehead atoms. The Bertz CT molecular complexity index is 673. The molecule has 0 radical (unpaired) electrons. The van der Waals surface area contributed by atoms with Gasteiger partial charge in [-0.3, -0.25) is 14.5 Å². The minimum absolute atomic E-state index is 0.0534. The molecule has 1 aromatic rings. The van der Waals surface area contributed by atoms with E-state index in [4.69, 9.17) is 5.11 Å².